The molecule has 2 aromatic carbocycles. The lowest BCUT2D eigenvalue weighted by Crippen LogP contribution is -1.98. The first-order valence-corrected chi connectivity index (χ1v) is 8.37. The lowest BCUT2D eigenvalue weighted by molar-refractivity contribution is 0.619. The smallest absolute Gasteiger partial charge is 0.228 e. The minimum absolute atomic E-state index is 0. The number of anilines is 1. The predicted octanol–water partition coefficient (Wildman–Crippen LogP) is 5.69. The van der Waals surface area contributed by atoms with Gasteiger partial charge in [0.25, 0.3) is 0 Å². The van der Waals surface area contributed by atoms with Gasteiger partial charge in [-0.15, -0.1) is 12.4 Å². The number of rotatable bonds is 4. The van der Waals surface area contributed by atoms with Gasteiger partial charge in [-0.25, -0.2) is 4.98 Å². The molecule has 0 aliphatic carbocycles. The van der Waals surface area contributed by atoms with E-state index in [9.17, 15) is 0 Å². The zero-order chi connectivity index (χ0) is 16.4. The molecule has 0 aliphatic heterocycles. The van der Waals surface area contributed by atoms with Gasteiger partial charge in [-0.3, -0.25) is 0 Å². The summed E-state index contributed by atoms with van der Waals surface area (Å²) in [6, 6.07) is 20.0. The van der Waals surface area contributed by atoms with Crippen molar-refractivity contribution < 1.29 is 4.42 Å². The van der Waals surface area contributed by atoms with E-state index in [-0.39, 0.29) is 12.4 Å². The first kappa shape index (κ1) is 17.5. The Balaban J connectivity index is 0.00000182. The molecule has 0 spiro atoms. The van der Waals surface area contributed by atoms with E-state index in [1.165, 1.54) is 5.56 Å². The summed E-state index contributed by atoms with van der Waals surface area (Å²) in [7, 11) is 0. The lowest BCUT2D eigenvalue weighted by Gasteiger charge is -2.07. The van der Waals surface area contributed by atoms with Crippen molar-refractivity contribution in [2.75, 3.05) is 5.32 Å². The van der Waals surface area contributed by atoms with Gasteiger partial charge in [0, 0.05) is 28.5 Å². The molecule has 0 aliphatic rings. The Morgan fingerprint density at radius 2 is 1.84 bits per heavy atom. The number of pyridine rings is 1. The molecule has 0 saturated heterocycles. The second-order valence-electron chi connectivity index (χ2n) is 5.40. The molecule has 25 heavy (non-hydrogen) atoms. The van der Waals surface area contributed by atoms with Crippen LogP contribution in [0, 0.1) is 0 Å². The van der Waals surface area contributed by atoms with E-state index in [4.69, 9.17) is 4.42 Å². The fourth-order valence-electron chi connectivity index (χ4n) is 2.47. The first-order chi connectivity index (χ1) is 11.8. The Bertz CT molecular complexity index is 952. The molecular formula is C19H15BrClN3O. The van der Waals surface area contributed by atoms with Crippen molar-refractivity contribution in [1.29, 1.82) is 0 Å². The molecular weight excluding hydrogens is 402 g/mol. The molecule has 6 heteroatoms. The maximum Gasteiger partial charge on any atom is 0.228 e. The van der Waals surface area contributed by atoms with Crippen LogP contribution in [0.5, 0.6) is 0 Å². The maximum absolute atomic E-state index is 5.74. The van der Waals surface area contributed by atoms with Gasteiger partial charge >= 0.3 is 0 Å². The number of hydrogen-bond donors (Lipinski definition) is 1. The summed E-state index contributed by atoms with van der Waals surface area (Å²) >= 11 is 3.49. The molecule has 0 fully saturated rings. The lowest BCUT2D eigenvalue weighted by atomic mass is 10.2. The van der Waals surface area contributed by atoms with E-state index in [1.807, 2.05) is 48.5 Å². The van der Waals surface area contributed by atoms with Crippen LogP contribution in [0.4, 0.5) is 5.69 Å². The third-order valence-electron chi connectivity index (χ3n) is 3.68. The van der Waals surface area contributed by atoms with Crippen LogP contribution in [0.15, 0.2) is 75.8 Å². The quantitative estimate of drug-likeness (QED) is 0.464. The summed E-state index contributed by atoms with van der Waals surface area (Å²) in [5.74, 6) is 0.585. The second-order valence-corrected chi connectivity index (χ2v) is 6.32. The van der Waals surface area contributed by atoms with Crippen molar-refractivity contribution in [3.63, 3.8) is 0 Å². The molecule has 1 N–H and O–H groups in total. The topological polar surface area (TPSA) is 51.0 Å². The van der Waals surface area contributed by atoms with Crippen LogP contribution in [0.3, 0.4) is 0 Å². The molecule has 4 nitrogen and oxygen atoms in total. The maximum atomic E-state index is 5.74. The van der Waals surface area contributed by atoms with Crippen LogP contribution in [0.1, 0.15) is 5.56 Å². The van der Waals surface area contributed by atoms with Gasteiger partial charge < -0.3 is 9.73 Å². The summed E-state index contributed by atoms with van der Waals surface area (Å²) in [4.78, 5) is 8.61. The van der Waals surface area contributed by atoms with Crippen LogP contribution in [0.25, 0.3) is 22.7 Å². The first-order valence-electron chi connectivity index (χ1n) is 7.58. The highest BCUT2D eigenvalue weighted by molar-refractivity contribution is 9.10. The molecule has 0 radical (unpaired) electrons. The molecule has 4 aromatic rings. The molecule has 2 heterocycles. The predicted molar refractivity (Wildman–Crippen MR) is 106 cm³/mol. The van der Waals surface area contributed by atoms with E-state index < -0.39 is 0 Å². The molecule has 4 rings (SSSR count). The Hall–Kier alpha value is -2.37. The summed E-state index contributed by atoms with van der Waals surface area (Å²) in [6.45, 7) is 0.769. The van der Waals surface area contributed by atoms with Gasteiger partial charge in [-0.05, 0) is 54.1 Å². The average Bonchev–Trinajstić information content (AvgIpc) is 3.05. The third kappa shape index (κ3) is 4.00. The fourth-order valence-corrected chi connectivity index (χ4v) is 2.92. The Labute approximate surface area is 159 Å². The van der Waals surface area contributed by atoms with Gasteiger partial charge in [-0.2, -0.15) is 4.98 Å². The van der Waals surface area contributed by atoms with Crippen molar-refractivity contribution >= 4 is 45.3 Å². The van der Waals surface area contributed by atoms with E-state index in [0.717, 1.165) is 22.3 Å². The van der Waals surface area contributed by atoms with Crippen molar-refractivity contribution in [1.82, 2.24) is 9.97 Å². The van der Waals surface area contributed by atoms with E-state index in [0.29, 0.717) is 17.1 Å². The Morgan fingerprint density at radius 3 is 2.60 bits per heavy atom. The van der Waals surface area contributed by atoms with Crippen LogP contribution >= 0.6 is 28.3 Å². The number of aromatic nitrogens is 2. The highest BCUT2D eigenvalue weighted by Crippen LogP contribution is 2.24. The van der Waals surface area contributed by atoms with Crippen molar-refractivity contribution in [2.24, 2.45) is 0 Å². The Kier molecular flexibility index (Phi) is 5.36. The van der Waals surface area contributed by atoms with E-state index >= 15 is 0 Å². The van der Waals surface area contributed by atoms with Gasteiger partial charge in [0.2, 0.25) is 5.89 Å². The van der Waals surface area contributed by atoms with Crippen LogP contribution < -0.4 is 5.32 Å². The van der Waals surface area contributed by atoms with Gasteiger partial charge in [0.1, 0.15) is 0 Å². The summed E-state index contributed by atoms with van der Waals surface area (Å²) < 4.78 is 6.82. The van der Waals surface area contributed by atoms with Crippen molar-refractivity contribution in [3.8, 4) is 11.5 Å². The number of nitrogens with zero attached hydrogens (tertiary/aromatic N) is 2. The number of halogens is 2. The van der Waals surface area contributed by atoms with Gasteiger partial charge in [0.05, 0.1) is 0 Å². The average molecular weight is 417 g/mol. The minimum Gasteiger partial charge on any atom is -0.434 e. The monoisotopic (exact) mass is 415 g/mol. The molecule has 126 valence electrons. The fraction of sp³-hybridized carbons (Fsp3) is 0.0526. The van der Waals surface area contributed by atoms with Crippen LogP contribution in [-0.4, -0.2) is 9.97 Å². The summed E-state index contributed by atoms with van der Waals surface area (Å²) in [6.07, 6.45) is 1.71. The SMILES string of the molecule is Brc1cccc(CNc2ccc(-c3nc4ncccc4o3)cc2)c1.Cl. The summed E-state index contributed by atoms with van der Waals surface area (Å²) in [5.41, 5.74) is 4.53. The van der Waals surface area contributed by atoms with Crippen molar-refractivity contribution in [3.05, 3.63) is 76.9 Å². The second kappa shape index (κ2) is 7.68. The molecule has 2 aromatic heterocycles. The van der Waals surface area contributed by atoms with Crippen LogP contribution in [-0.2, 0) is 6.54 Å². The minimum atomic E-state index is 0. The largest absolute Gasteiger partial charge is 0.434 e. The standard InChI is InChI=1S/C19H14BrN3O.ClH/c20-15-4-1-3-13(11-15)12-22-16-8-6-14(7-9-16)19-23-18-17(24-19)5-2-10-21-18;/h1-11,22H,12H2;1H. The van der Waals surface area contributed by atoms with Gasteiger partial charge in [0.15, 0.2) is 11.2 Å². The summed E-state index contributed by atoms with van der Waals surface area (Å²) in [5, 5.41) is 3.41. The molecule has 0 bridgehead atoms. The third-order valence-corrected chi connectivity index (χ3v) is 4.18. The zero-order valence-electron chi connectivity index (χ0n) is 13.1. The highest BCUT2D eigenvalue weighted by atomic mass is 79.9. The number of oxazole rings is 1. The normalized spacial score (nSPS) is 10.4. The number of hydrogen-bond acceptors (Lipinski definition) is 4. The highest BCUT2D eigenvalue weighted by Gasteiger charge is 2.08. The molecule has 0 atom stereocenters. The van der Waals surface area contributed by atoms with Crippen molar-refractivity contribution in [2.45, 2.75) is 6.54 Å². The van der Waals surface area contributed by atoms with E-state index in [2.05, 4.69) is 43.3 Å². The van der Waals surface area contributed by atoms with Crippen LogP contribution in [0.2, 0.25) is 0 Å². The Morgan fingerprint density at radius 1 is 1.00 bits per heavy atom. The molecule has 0 saturated carbocycles. The number of fused-ring (bicyclic) bond motifs is 1. The zero-order valence-corrected chi connectivity index (χ0v) is 15.5. The van der Waals surface area contributed by atoms with Gasteiger partial charge in [-0.1, -0.05) is 28.1 Å². The number of benzene rings is 2. The molecule has 0 unspecified atom stereocenters. The number of nitrogens with one attached hydrogen (secondary N) is 1. The van der Waals surface area contributed by atoms with E-state index in [1.54, 1.807) is 6.20 Å². The molecule has 0 amide bonds.